The Morgan fingerprint density at radius 2 is 2.12 bits per heavy atom. The molecule has 0 bridgehead atoms. The fourth-order valence-corrected chi connectivity index (χ4v) is 1.85. The average Bonchev–Trinajstić information content (AvgIpc) is 2.71. The Morgan fingerprint density at radius 3 is 2.76 bits per heavy atom. The Hall–Kier alpha value is -1.56. The molecule has 0 amide bonds. The quantitative estimate of drug-likeness (QED) is 0.846. The highest BCUT2D eigenvalue weighted by molar-refractivity contribution is 5.33. The molecule has 2 heterocycles. The zero-order valence-corrected chi connectivity index (χ0v) is 10.7. The lowest BCUT2D eigenvalue weighted by Crippen LogP contribution is -2.40. The predicted molar refractivity (Wildman–Crippen MR) is 64.6 cm³/mol. The van der Waals surface area contributed by atoms with Gasteiger partial charge in [-0.05, 0) is 35.0 Å². The lowest BCUT2D eigenvalue weighted by molar-refractivity contribution is 0.277. The zero-order valence-electron chi connectivity index (χ0n) is 10.7. The van der Waals surface area contributed by atoms with Gasteiger partial charge in [-0.3, -0.25) is 0 Å². The van der Waals surface area contributed by atoms with Gasteiger partial charge in [0.2, 0.25) is 0 Å². The maximum absolute atomic E-state index is 4.38. The third-order valence-electron chi connectivity index (χ3n) is 2.93. The van der Waals surface area contributed by atoms with Crippen molar-refractivity contribution in [3.8, 4) is 0 Å². The maximum Gasteiger partial charge on any atom is 0.199 e. The van der Waals surface area contributed by atoms with Crippen LogP contribution in [0.2, 0.25) is 0 Å². The van der Waals surface area contributed by atoms with E-state index in [1.54, 1.807) is 0 Å². The summed E-state index contributed by atoms with van der Waals surface area (Å²) >= 11 is 0. The van der Waals surface area contributed by atoms with Crippen molar-refractivity contribution in [2.24, 2.45) is 5.41 Å². The summed E-state index contributed by atoms with van der Waals surface area (Å²) in [7, 11) is 1.98. The van der Waals surface area contributed by atoms with E-state index in [9.17, 15) is 0 Å². The van der Waals surface area contributed by atoms with Crippen molar-refractivity contribution < 1.29 is 0 Å². The first-order chi connectivity index (χ1) is 8.00. The van der Waals surface area contributed by atoms with E-state index in [1.165, 1.54) is 4.63 Å². The molecule has 0 aromatic carbocycles. The molecule has 2 aromatic rings. The largest absolute Gasteiger partial charge is 0.316 e. The summed E-state index contributed by atoms with van der Waals surface area (Å²) < 4.78 is 1.46. The van der Waals surface area contributed by atoms with E-state index in [4.69, 9.17) is 0 Å². The summed E-state index contributed by atoms with van der Waals surface area (Å²) in [6.07, 6.45) is 0.857. The van der Waals surface area contributed by atoms with Crippen molar-refractivity contribution in [1.82, 2.24) is 30.6 Å². The molecular weight excluding hydrogens is 216 g/mol. The Bertz CT molecular complexity index is 498. The average molecular weight is 234 g/mol. The summed E-state index contributed by atoms with van der Waals surface area (Å²) in [5.41, 5.74) is 1.84. The van der Waals surface area contributed by atoms with Gasteiger partial charge < -0.3 is 5.32 Å². The van der Waals surface area contributed by atoms with E-state index < -0.39 is 0 Å². The van der Waals surface area contributed by atoms with Gasteiger partial charge in [-0.2, -0.15) is 5.10 Å². The number of hydrogen-bond donors (Lipinski definition) is 1. The number of tetrazole rings is 1. The van der Waals surface area contributed by atoms with E-state index in [0.717, 1.165) is 12.1 Å². The Balaban J connectivity index is 2.22. The third kappa shape index (κ3) is 2.58. The molecular formula is C11H18N6. The van der Waals surface area contributed by atoms with Crippen LogP contribution in [0.3, 0.4) is 0 Å². The molecule has 0 aliphatic carbocycles. The molecule has 0 spiro atoms. The monoisotopic (exact) mass is 234 g/mol. The molecule has 1 atom stereocenters. The van der Waals surface area contributed by atoms with Gasteiger partial charge in [-0.25, -0.2) is 0 Å². The minimum Gasteiger partial charge on any atom is -0.316 e. The van der Waals surface area contributed by atoms with Crippen molar-refractivity contribution in [1.29, 1.82) is 0 Å². The fraction of sp³-hybridized carbons (Fsp3) is 0.636. The minimum absolute atomic E-state index is 0.187. The highest BCUT2D eigenvalue weighted by atomic mass is 15.6. The molecule has 0 radical (unpaired) electrons. The van der Waals surface area contributed by atoms with Crippen molar-refractivity contribution in [3.05, 3.63) is 17.8 Å². The lowest BCUT2D eigenvalue weighted by Gasteiger charge is -2.30. The van der Waals surface area contributed by atoms with Gasteiger partial charge in [-0.1, -0.05) is 20.8 Å². The van der Waals surface area contributed by atoms with Crippen LogP contribution in [0.5, 0.6) is 0 Å². The predicted octanol–water partition coefficient (Wildman–Crippen LogP) is 0.696. The normalized spacial score (nSPS) is 14.1. The molecule has 92 valence electrons. The summed E-state index contributed by atoms with van der Waals surface area (Å²) in [6.45, 7) is 6.64. The van der Waals surface area contributed by atoms with Crippen LogP contribution in [-0.2, 0) is 6.42 Å². The Labute approximate surface area is 100 Å². The van der Waals surface area contributed by atoms with Gasteiger partial charge in [0.1, 0.15) is 0 Å². The molecule has 0 saturated heterocycles. The van der Waals surface area contributed by atoms with Crippen LogP contribution in [0.15, 0.2) is 12.1 Å². The van der Waals surface area contributed by atoms with Crippen LogP contribution in [0, 0.1) is 5.41 Å². The van der Waals surface area contributed by atoms with E-state index in [0.29, 0.717) is 11.7 Å². The van der Waals surface area contributed by atoms with Crippen LogP contribution in [0.25, 0.3) is 5.65 Å². The van der Waals surface area contributed by atoms with Crippen LogP contribution in [0.1, 0.15) is 26.5 Å². The van der Waals surface area contributed by atoms with Gasteiger partial charge in [0.15, 0.2) is 5.65 Å². The summed E-state index contributed by atoms with van der Waals surface area (Å²) in [5, 5.41) is 18.9. The fourth-order valence-electron chi connectivity index (χ4n) is 1.85. The summed E-state index contributed by atoms with van der Waals surface area (Å²) in [4.78, 5) is 0. The van der Waals surface area contributed by atoms with Crippen molar-refractivity contribution in [2.75, 3.05) is 7.05 Å². The molecule has 6 heteroatoms. The molecule has 1 N–H and O–H groups in total. The second kappa shape index (κ2) is 4.37. The van der Waals surface area contributed by atoms with Gasteiger partial charge >= 0.3 is 0 Å². The highest BCUT2D eigenvalue weighted by Crippen LogP contribution is 2.21. The van der Waals surface area contributed by atoms with Crippen LogP contribution in [0.4, 0.5) is 0 Å². The standard InChI is InChI=1S/C11H18N6/c1-11(2,3)9(12-4)7-8-5-6-10-13-15-16-17(10)14-8/h5-6,9,12H,7H2,1-4H3. The van der Waals surface area contributed by atoms with Crippen molar-refractivity contribution in [2.45, 2.75) is 33.2 Å². The summed E-state index contributed by atoms with van der Waals surface area (Å²) in [6, 6.07) is 4.23. The molecule has 1 unspecified atom stereocenters. The maximum atomic E-state index is 4.38. The lowest BCUT2D eigenvalue weighted by atomic mass is 9.84. The Kier molecular flexibility index (Phi) is 3.06. The minimum atomic E-state index is 0.187. The number of likely N-dealkylation sites (N-methyl/N-ethyl adjacent to an activating group) is 1. The van der Waals surface area contributed by atoms with E-state index in [-0.39, 0.29) is 5.41 Å². The smallest absolute Gasteiger partial charge is 0.199 e. The highest BCUT2D eigenvalue weighted by Gasteiger charge is 2.23. The molecule has 2 rings (SSSR count). The van der Waals surface area contributed by atoms with Gasteiger partial charge in [0.25, 0.3) is 0 Å². The SMILES string of the molecule is CNC(Cc1ccc2nnnn2n1)C(C)(C)C. The number of hydrogen-bond acceptors (Lipinski definition) is 5. The topological polar surface area (TPSA) is 68.0 Å². The first-order valence-electron chi connectivity index (χ1n) is 5.72. The molecule has 0 aliphatic heterocycles. The molecule has 2 aromatic heterocycles. The third-order valence-corrected chi connectivity index (χ3v) is 2.93. The van der Waals surface area contributed by atoms with Gasteiger partial charge in [0.05, 0.1) is 5.69 Å². The molecule has 0 aliphatic rings. The molecule has 17 heavy (non-hydrogen) atoms. The number of aromatic nitrogens is 5. The second-order valence-corrected chi connectivity index (χ2v) is 5.26. The molecule has 0 saturated carbocycles. The number of rotatable bonds is 3. The first kappa shape index (κ1) is 11.9. The van der Waals surface area contributed by atoms with Crippen molar-refractivity contribution >= 4 is 5.65 Å². The van der Waals surface area contributed by atoms with Gasteiger partial charge in [0, 0.05) is 12.5 Å². The zero-order chi connectivity index (χ0) is 12.5. The van der Waals surface area contributed by atoms with Crippen molar-refractivity contribution in [3.63, 3.8) is 0 Å². The van der Waals surface area contributed by atoms with E-state index >= 15 is 0 Å². The van der Waals surface area contributed by atoms with Gasteiger partial charge in [-0.15, -0.1) is 9.73 Å². The summed E-state index contributed by atoms with van der Waals surface area (Å²) in [5.74, 6) is 0. The second-order valence-electron chi connectivity index (χ2n) is 5.26. The van der Waals surface area contributed by atoms with E-state index in [1.807, 2.05) is 19.2 Å². The van der Waals surface area contributed by atoms with Crippen LogP contribution < -0.4 is 5.32 Å². The first-order valence-corrected chi connectivity index (χ1v) is 5.72. The number of fused-ring (bicyclic) bond motifs is 1. The van der Waals surface area contributed by atoms with Crippen LogP contribution >= 0.6 is 0 Å². The Morgan fingerprint density at radius 1 is 1.35 bits per heavy atom. The number of nitrogens with one attached hydrogen (secondary N) is 1. The van der Waals surface area contributed by atoms with Crippen LogP contribution in [-0.4, -0.2) is 38.3 Å². The molecule has 0 fully saturated rings. The van der Waals surface area contributed by atoms with E-state index in [2.05, 4.69) is 46.7 Å². The molecule has 6 nitrogen and oxygen atoms in total. The number of nitrogens with zero attached hydrogens (tertiary/aromatic N) is 5.